The van der Waals surface area contributed by atoms with Gasteiger partial charge in [-0.1, -0.05) is 24.3 Å². The number of nitrogens with one attached hydrogen (secondary N) is 1. The van der Waals surface area contributed by atoms with Gasteiger partial charge in [0.05, 0.1) is 4.88 Å². The van der Waals surface area contributed by atoms with Crippen molar-refractivity contribution in [1.29, 1.82) is 0 Å². The van der Waals surface area contributed by atoms with E-state index in [2.05, 4.69) is 30.4 Å². The first kappa shape index (κ1) is 16.7. The summed E-state index contributed by atoms with van der Waals surface area (Å²) in [5.41, 5.74) is 3.52. The van der Waals surface area contributed by atoms with Crippen molar-refractivity contribution in [2.24, 2.45) is 0 Å². The lowest BCUT2D eigenvalue weighted by atomic mass is 9.98. The van der Waals surface area contributed by atoms with Crippen LogP contribution in [-0.4, -0.2) is 24.9 Å². The first-order valence-corrected chi connectivity index (χ1v) is 9.25. The molecular weight excluding hydrogens is 320 g/mol. The summed E-state index contributed by atoms with van der Waals surface area (Å²) in [6.07, 6.45) is 3.17. The van der Waals surface area contributed by atoms with Gasteiger partial charge in [-0.15, -0.1) is 11.3 Å². The van der Waals surface area contributed by atoms with Crippen LogP contribution in [0.4, 0.5) is 5.69 Å². The van der Waals surface area contributed by atoms with E-state index in [1.807, 2.05) is 16.3 Å². The summed E-state index contributed by atoms with van der Waals surface area (Å²) in [4.78, 5) is 27.1. The van der Waals surface area contributed by atoms with Crippen molar-refractivity contribution in [3.63, 3.8) is 0 Å². The molecule has 1 aliphatic rings. The second-order valence-corrected chi connectivity index (χ2v) is 7.02. The summed E-state index contributed by atoms with van der Waals surface area (Å²) in [7, 11) is 0. The lowest BCUT2D eigenvalue weighted by molar-refractivity contribution is -0.118. The number of rotatable bonds is 5. The van der Waals surface area contributed by atoms with Crippen LogP contribution in [-0.2, 0) is 11.2 Å². The Balaban J connectivity index is 1.52. The molecule has 2 aromatic rings. The lowest BCUT2D eigenvalue weighted by Gasteiger charge is -2.31. The van der Waals surface area contributed by atoms with Gasteiger partial charge in [0, 0.05) is 25.2 Å². The Morgan fingerprint density at radius 3 is 2.92 bits per heavy atom. The molecule has 2 amide bonds. The number of hydrogen-bond acceptors (Lipinski definition) is 3. The van der Waals surface area contributed by atoms with E-state index in [1.54, 1.807) is 6.07 Å². The quantitative estimate of drug-likeness (QED) is 0.845. The first-order valence-electron chi connectivity index (χ1n) is 8.37. The maximum absolute atomic E-state index is 12.6. The van der Waals surface area contributed by atoms with Gasteiger partial charge in [-0.25, -0.2) is 0 Å². The number of carbonyl (C=O) groups is 2. The van der Waals surface area contributed by atoms with Crippen LogP contribution in [0.1, 0.15) is 40.1 Å². The van der Waals surface area contributed by atoms with Crippen molar-refractivity contribution in [3.8, 4) is 0 Å². The molecule has 126 valence electrons. The van der Waals surface area contributed by atoms with Crippen LogP contribution in [0, 0.1) is 6.92 Å². The van der Waals surface area contributed by atoms with Crippen molar-refractivity contribution in [2.75, 3.05) is 18.0 Å². The van der Waals surface area contributed by atoms with E-state index in [-0.39, 0.29) is 11.8 Å². The van der Waals surface area contributed by atoms with E-state index in [4.69, 9.17) is 0 Å². The van der Waals surface area contributed by atoms with Gasteiger partial charge in [0.2, 0.25) is 5.91 Å². The van der Waals surface area contributed by atoms with Crippen LogP contribution < -0.4 is 10.2 Å². The SMILES string of the molecule is Cc1cccc2c1N(C(=O)CCCNC(=O)c1cccs1)CCC2. The van der Waals surface area contributed by atoms with Gasteiger partial charge in [-0.3, -0.25) is 9.59 Å². The van der Waals surface area contributed by atoms with Gasteiger partial charge in [-0.05, 0) is 48.8 Å². The maximum atomic E-state index is 12.6. The molecule has 3 rings (SSSR count). The van der Waals surface area contributed by atoms with Crippen LogP contribution >= 0.6 is 11.3 Å². The number of amides is 2. The molecule has 0 saturated carbocycles. The minimum absolute atomic E-state index is 0.0587. The number of anilines is 1. The highest BCUT2D eigenvalue weighted by atomic mass is 32.1. The molecule has 1 aliphatic heterocycles. The van der Waals surface area contributed by atoms with Crippen molar-refractivity contribution in [2.45, 2.75) is 32.6 Å². The molecule has 0 radical (unpaired) electrons. The second kappa shape index (κ2) is 7.62. The van der Waals surface area contributed by atoms with E-state index in [0.717, 1.165) is 30.6 Å². The minimum Gasteiger partial charge on any atom is -0.351 e. The molecule has 5 heteroatoms. The third-order valence-electron chi connectivity index (χ3n) is 4.32. The van der Waals surface area contributed by atoms with Gasteiger partial charge in [-0.2, -0.15) is 0 Å². The van der Waals surface area contributed by atoms with Gasteiger partial charge in [0.15, 0.2) is 0 Å². The zero-order valence-corrected chi connectivity index (χ0v) is 14.7. The fourth-order valence-electron chi connectivity index (χ4n) is 3.17. The number of thiophene rings is 1. The molecule has 0 fully saturated rings. The Hall–Kier alpha value is -2.14. The fraction of sp³-hybridized carbons (Fsp3) is 0.368. The third-order valence-corrected chi connectivity index (χ3v) is 5.19. The Morgan fingerprint density at radius 1 is 1.25 bits per heavy atom. The molecule has 0 spiro atoms. The van der Waals surface area contributed by atoms with E-state index >= 15 is 0 Å². The van der Waals surface area contributed by atoms with E-state index in [9.17, 15) is 9.59 Å². The molecule has 0 aliphatic carbocycles. The predicted octanol–water partition coefficient (Wildman–Crippen LogP) is 3.55. The van der Waals surface area contributed by atoms with E-state index < -0.39 is 0 Å². The second-order valence-electron chi connectivity index (χ2n) is 6.07. The summed E-state index contributed by atoms with van der Waals surface area (Å²) in [6.45, 7) is 3.38. The number of hydrogen-bond donors (Lipinski definition) is 1. The molecule has 0 unspecified atom stereocenters. The molecular formula is C19H22N2O2S. The molecule has 1 N–H and O–H groups in total. The average Bonchev–Trinajstić information content (AvgIpc) is 3.13. The third kappa shape index (κ3) is 3.67. The Morgan fingerprint density at radius 2 is 2.12 bits per heavy atom. The van der Waals surface area contributed by atoms with Crippen LogP contribution in [0.2, 0.25) is 0 Å². The van der Waals surface area contributed by atoms with Crippen LogP contribution in [0.5, 0.6) is 0 Å². The van der Waals surface area contributed by atoms with Gasteiger partial charge in [0.25, 0.3) is 5.91 Å². The van der Waals surface area contributed by atoms with Gasteiger partial charge in [0.1, 0.15) is 0 Å². The summed E-state index contributed by atoms with van der Waals surface area (Å²) >= 11 is 1.42. The Kier molecular flexibility index (Phi) is 5.30. The van der Waals surface area contributed by atoms with Crippen molar-refractivity contribution >= 4 is 28.8 Å². The van der Waals surface area contributed by atoms with Crippen molar-refractivity contribution in [3.05, 3.63) is 51.7 Å². The monoisotopic (exact) mass is 342 g/mol. The minimum atomic E-state index is -0.0587. The van der Waals surface area contributed by atoms with Crippen LogP contribution in [0.3, 0.4) is 0 Å². The number of para-hydroxylation sites is 1. The van der Waals surface area contributed by atoms with Gasteiger partial charge >= 0.3 is 0 Å². The van der Waals surface area contributed by atoms with E-state index in [1.165, 1.54) is 16.9 Å². The standard InChI is InChI=1S/C19H22N2O2S/c1-14-6-2-7-15-8-4-12-21(18(14)15)17(22)10-3-11-20-19(23)16-9-5-13-24-16/h2,5-7,9,13H,3-4,8,10-12H2,1H3,(H,20,23). The smallest absolute Gasteiger partial charge is 0.261 e. The molecule has 0 atom stereocenters. The normalized spacial score (nSPS) is 13.5. The predicted molar refractivity (Wildman–Crippen MR) is 97.7 cm³/mol. The number of benzene rings is 1. The van der Waals surface area contributed by atoms with Crippen molar-refractivity contribution < 1.29 is 9.59 Å². The molecule has 4 nitrogen and oxygen atoms in total. The summed E-state index contributed by atoms with van der Waals surface area (Å²) in [5.74, 6) is 0.0900. The summed E-state index contributed by atoms with van der Waals surface area (Å²) in [6, 6.07) is 9.90. The van der Waals surface area contributed by atoms with Gasteiger partial charge < -0.3 is 10.2 Å². The topological polar surface area (TPSA) is 49.4 Å². The lowest BCUT2D eigenvalue weighted by Crippen LogP contribution is -2.36. The number of aryl methyl sites for hydroxylation is 2. The van der Waals surface area contributed by atoms with E-state index in [0.29, 0.717) is 24.3 Å². The molecule has 0 bridgehead atoms. The highest BCUT2D eigenvalue weighted by Gasteiger charge is 2.23. The maximum Gasteiger partial charge on any atom is 0.261 e. The Labute approximate surface area is 146 Å². The molecule has 1 aromatic carbocycles. The molecule has 24 heavy (non-hydrogen) atoms. The highest BCUT2D eigenvalue weighted by molar-refractivity contribution is 7.12. The van der Waals surface area contributed by atoms with Crippen LogP contribution in [0.15, 0.2) is 35.7 Å². The molecule has 2 heterocycles. The summed E-state index contributed by atoms with van der Waals surface area (Å²) in [5, 5.41) is 4.76. The number of carbonyl (C=O) groups excluding carboxylic acids is 2. The fourth-order valence-corrected chi connectivity index (χ4v) is 3.81. The van der Waals surface area contributed by atoms with Crippen LogP contribution in [0.25, 0.3) is 0 Å². The first-order chi connectivity index (χ1) is 11.7. The zero-order chi connectivity index (χ0) is 16.9. The highest BCUT2D eigenvalue weighted by Crippen LogP contribution is 2.31. The molecule has 0 saturated heterocycles. The number of fused-ring (bicyclic) bond motifs is 1. The number of nitrogens with zero attached hydrogens (tertiary/aromatic N) is 1. The molecule has 1 aromatic heterocycles. The summed E-state index contributed by atoms with van der Waals surface area (Å²) < 4.78 is 0. The van der Waals surface area contributed by atoms with Crippen molar-refractivity contribution in [1.82, 2.24) is 5.32 Å². The zero-order valence-electron chi connectivity index (χ0n) is 13.9. The average molecular weight is 342 g/mol. The largest absolute Gasteiger partial charge is 0.351 e. The Bertz CT molecular complexity index is 725.